The van der Waals surface area contributed by atoms with Crippen molar-refractivity contribution >= 4 is 40.6 Å². The quantitative estimate of drug-likeness (QED) is 0.218. The van der Waals surface area contributed by atoms with E-state index in [-0.39, 0.29) is 34.8 Å². The number of amides is 1. The molecule has 6 rings (SSSR count). The first-order valence-electron chi connectivity index (χ1n) is 15.0. The number of benzene rings is 1. The highest BCUT2D eigenvalue weighted by molar-refractivity contribution is 6.30. The van der Waals surface area contributed by atoms with E-state index in [1.807, 2.05) is 6.92 Å². The molecule has 2 fully saturated rings. The van der Waals surface area contributed by atoms with Crippen LogP contribution in [0, 0.1) is 5.41 Å². The van der Waals surface area contributed by atoms with Gasteiger partial charge in [-0.1, -0.05) is 23.7 Å². The number of alkyl halides is 2. The number of aliphatic carboxylic acids is 1. The number of pyridine rings is 1. The lowest BCUT2D eigenvalue weighted by Gasteiger charge is -2.46. The monoisotopic (exact) mass is 653 g/mol. The first kappa shape index (κ1) is 31.8. The number of halogens is 3. The number of carboxylic acids is 1. The smallest absolute Gasteiger partial charge is 0.309 e. The van der Waals surface area contributed by atoms with Crippen LogP contribution in [0.3, 0.4) is 0 Å². The van der Waals surface area contributed by atoms with E-state index in [9.17, 15) is 23.5 Å². The zero-order valence-corrected chi connectivity index (χ0v) is 26.0. The number of ether oxygens (including phenoxy) is 1. The van der Waals surface area contributed by atoms with E-state index >= 15 is 0 Å². The summed E-state index contributed by atoms with van der Waals surface area (Å²) in [5, 5.41) is 12.5. The number of aromatic nitrogens is 4. The van der Waals surface area contributed by atoms with Gasteiger partial charge in [0.25, 0.3) is 12.3 Å². The number of carboxylic acid groups (broad SMARTS) is 1. The maximum Gasteiger partial charge on any atom is 0.309 e. The molecule has 4 heterocycles. The number of hydrogen-bond acceptors (Lipinski definition) is 8. The average Bonchev–Trinajstić information content (AvgIpc) is 3.46. The van der Waals surface area contributed by atoms with Gasteiger partial charge < -0.3 is 20.9 Å². The number of nitrogens with zero attached hydrogens (tertiary/aromatic N) is 5. The van der Waals surface area contributed by atoms with Crippen molar-refractivity contribution in [1.29, 1.82) is 0 Å². The number of carbonyl (C=O) groups is 2. The molecule has 1 saturated carbocycles. The molecule has 1 aliphatic carbocycles. The molecule has 0 unspecified atom stereocenters. The molecule has 0 spiro atoms. The van der Waals surface area contributed by atoms with Crippen LogP contribution in [-0.4, -0.2) is 66.5 Å². The summed E-state index contributed by atoms with van der Waals surface area (Å²) in [6.07, 6.45) is 2.31. The molecule has 242 valence electrons. The van der Waals surface area contributed by atoms with Crippen LogP contribution in [0.4, 0.5) is 20.4 Å². The number of anilines is 2. The Kier molecular flexibility index (Phi) is 8.66. The van der Waals surface area contributed by atoms with Gasteiger partial charge in [0.2, 0.25) is 0 Å². The van der Waals surface area contributed by atoms with Crippen LogP contribution in [0.15, 0.2) is 48.8 Å². The third-order valence-corrected chi connectivity index (χ3v) is 9.45. The predicted molar refractivity (Wildman–Crippen MR) is 168 cm³/mol. The van der Waals surface area contributed by atoms with Crippen LogP contribution in [0.25, 0.3) is 16.8 Å². The van der Waals surface area contributed by atoms with Crippen molar-refractivity contribution in [3.63, 3.8) is 0 Å². The van der Waals surface area contributed by atoms with Crippen molar-refractivity contribution in [1.82, 2.24) is 24.3 Å². The van der Waals surface area contributed by atoms with Crippen LogP contribution >= 0.6 is 11.6 Å². The highest BCUT2D eigenvalue weighted by Gasteiger charge is 2.42. The van der Waals surface area contributed by atoms with Gasteiger partial charge in [0.05, 0.1) is 18.2 Å². The highest BCUT2D eigenvalue weighted by atomic mass is 35.5. The Balaban J connectivity index is 1.27. The summed E-state index contributed by atoms with van der Waals surface area (Å²) in [5.41, 5.74) is 7.35. The number of nitrogen functional groups attached to an aromatic ring is 1. The topological polar surface area (TPSA) is 148 Å². The van der Waals surface area contributed by atoms with E-state index in [0.29, 0.717) is 53.7 Å². The van der Waals surface area contributed by atoms with E-state index in [1.165, 1.54) is 18.5 Å². The highest BCUT2D eigenvalue weighted by Crippen LogP contribution is 2.41. The van der Waals surface area contributed by atoms with Gasteiger partial charge in [-0.05, 0) is 63.8 Å². The second-order valence-electron chi connectivity index (χ2n) is 12.2. The fourth-order valence-electron chi connectivity index (χ4n) is 6.39. The van der Waals surface area contributed by atoms with Crippen LogP contribution in [0.5, 0.6) is 0 Å². The van der Waals surface area contributed by atoms with Crippen LogP contribution in [0.1, 0.15) is 73.8 Å². The van der Waals surface area contributed by atoms with Crippen LogP contribution < -0.4 is 11.1 Å². The minimum atomic E-state index is -2.68. The molecule has 1 amide bonds. The maximum absolute atomic E-state index is 13.1. The summed E-state index contributed by atoms with van der Waals surface area (Å²) in [6.45, 7) is 4.92. The lowest BCUT2D eigenvalue weighted by atomic mass is 9.73. The summed E-state index contributed by atoms with van der Waals surface area (Å²) < 4.78 is 34.2. The number of carbonyl (C=O) groups excluding carboxylic acids is 1. The molecule has 3 aromatic heterocycles. The number of hydrogen-bond donors (Lipinski definition) is 3. The summed E-state index contributed by atoms with van der Waals surface area (Å²) in [4.78, 5) is 40.2. The molecule has 14 heteroatoms. The van der Waals surface area contributed by atoms with Gasteiger partial charge in [0, 0.05) is 41.5 Å². The molecule has 46 heavy (non-hydrogen) atoms. The number of imidazole rings is 1. The van der Waals surface area contributed by atoms with Crippen molar-refractivity contribution in [2.24, 2.45) is 5.41 Å². The van der Waals surface area contributed by atoms with Gasteiger partial charge >= 0.3 is 5.97 Å². The van der Waals surface area contributed by atoms with Gasteiger partial charge in [0.15, 0.2) is 0 Å². The Morgan fingerprint density at radius 2 is 1.89 bits per heavy atom. The molecule has 11 nitrogen and oxygen atoms in total. The van der Waals surface area contributed by atoms with Gasteiger partial charge in [-0.3, -0.25) is 18.9 Å². The largest absolute Gasteiger partial charge is 0.481 e. The Morgan fingerprint density at radius 1 is 1.17 bits per heavy atom. The Hall–Kier alpha value is -4.20. The third-order valence-electron chi connectivity index (χ3n) is 9.18. The lowest BCUT2D eigenvalue weighted by Crippen LogP contribution is -2.52. The molecule has 0 bridgehead atoms. The van der Waals surface area contributed by atoms with Crippen molar-refractivity contribution in [3.05, 3.63) is 70.9 Å². The molecule has 1 aliphatic heterocycles. The first-order valence-corrected chi connectivity index (χ1v) is 15.4. The zero-order valence-electron chi connectivity index (χ0n) is 25.3. The molecule has 0 radical (unpaired) electrons. The van der Waals surface area contributed by atoms with Crippen molar-refractivity contribution < 1.29 is 28.2 Å². The maximum atomic E-state index is 13.1. The minimum Gasteiger partial charge on any atom is -0.481 e. The SMILES string of the molecule is C[C@H]1CO[C@@H](c2nc(-c3ccc(C(=O)Nc4cc(C(F)F)ccn4)cc3)c3c(N)ncc(Cl)n23)CN1C1CCC(C)(C(=O)O)CC1. The minimum absolute atomic E-state index is 0.0186. The Bertz CT molecular complexity index is 1780. The number of nitrogens with one attached hydrogen (secondary N) is 1. The fraction of sp³-hybridized carbons (Fsp3) is 0.406. The van der Waals surface area contributed by atoms with E-state index in [2.05, 4.69) is 27.1 Å². The first-order chi connectivity index (χ1) is 21.9. The Labute approximate surface area is 268 Å². The van der Waals surface area contributed by atoms with Gasteiger partial charge in [0.1, 0.15) is 39.9 Å². The van der Waals surface area contributed by atoms with E-state index in [0.717, 1.165) is 18.9 Å². The second-order valence-corrected chi connectivity index (χ2v) is 12.6. The molecular formula is C32H34ClF2N7O4. The van der Waals surface area contributed by atoms with Gasteiger partial charge in [-0.15, -0.1) is 0 Å². The molecule has 1 aromatic carbocycles. The van der Waals surface area contributed by atoms with Crippen molar-refractivity contribution in [2.75, 3.05) is 24.2 Å². The summed E-state index contributed by atoms with van der Waals surface area (Å²) in [6, 6.07) is 9.28. The molecule has 1 saturated heterocycles. The third kappa shape index (κ3) is 6.02. The van der Waals surface area contributed by atoms with Crippen molar-refractivity contribution in [3.8, 4) is 11.3 Å². The molecule has 4 N–H and O–H groups in total. The van der Waals surface area contributed by atoms with E-state index < -0.39 is 29.8 Å². The summed E-state index contributed by atoms with van der Waals surface area (Å²) in [7, 11) is 0. The van der Waals surface area contributed by atoms with Gasteiger partial charge in [-0.25, -0.2) is 23.7 Å². The van der Waals surface area contributed by atoms with Crippen LogP contribution in [-0.2, 0) is 9.53 Å². The van der Waals surface area contributed by atoms with E-state index in [4.69, 9.17) is 27.1 Å². The normalized spacial score (nSPS) is 23.9. The van der Waals surface area contributed by atoms with E-state index in [1.54, 1.807) is 28.7 Å². The van der Waals surface area contributed by atoms with Crippen LogP contribution in [0.2, 0.25) is 5.15 Å². The molecular weight excluding hydrogens is 620 g/mol. The molecule has 2 aliphatic rings. The number of rotatable bonds is 7. The number of fused-ring (bicyclic) bond motifs is 1. The second kappa shape index (κ2) is 12.5. The number of morpholine rings is 1. The van der Waals surface area contributed by atoms with Gasteiger partial charge in [-0.2, -0.15) is 0 Å². The zero-order chi connectivity index (χ0) is 32.7. The summed E-state index contributed by atoms with van der Waals surface area (Å²) >= 11 is 6.68. The Morgan fingerprint density at radius 3 is 2.57 bits per heavy atom. The molecule has 2 atom stereocenters. The number of nitrogens with two attached hydrogens (primary N) is 1. The average molecular weight is 654 g/mol. The van der Waals surface area contributed by atoms with Crippen molar-refractivity contribution in [2.45, 2.75) is 64.1 Å². The fourth-order valence-corrected chi connectivity index (χ4v) is 6.61. The standard InChI is InChI=1S/C32H34ClF2N7O4/c1-17-16-46-22(15-41(17)21-7-10-32(2,11-8-21)31(44)45)29-40-25(26-28(36)38-14-23(33)42(26)29)18-3-5-19(6-4-18)30(43)39-24-13-20(27(34)35)9-12-37-24/h3-6,9,12-14,17,21-22,27H,7-8,10-11,15-16H2,1-2H3,(H2,36,38)(H,44,45)(H,37,39,43)/t17-,21?,22+,32?/m0/s1. The predicted octanol–water partition coefficient (Wildman–Crippen LogP) is 6.01. The lowest BCUT2D eigenvalue weighted by molar-refractivity contribution is -0.151. The molecule has 4 aromatic rings. The summed E-state index contributed by atoms with van der Waals surface area (Å²) in [5.74, 6) is -0.474.